The molecule has 1 aliphatic rings. The Morgan fingerprint density at radius 2 is 2.04 bits per heavy atom. The number of β-amino-alcohol motifs (C(OH)–C–C–N with tert-alkyl or cyclic N) is 1. The molecule has 0 aliphatic carbocycles. The maximum absolute atomic E-state index is 13.6. The summed E-state index contributed by atoms with van der Waals surface area (Å²) >= 11 is 0. The van der Waals surface area contributed by atoms with Crippen LogP contribution in [0, 0.1) is 11.6 Å². The molecule has 0 amide bonds. The van der Waals surface area contributed by atoms with Crippen LogP contribution in [0.1, 0.15) is 18.0 Å². The van der Waals surface area contributed by atoms with Gasteiger partial charge in [-0.05, 0) is 24.1 Å². The molecule has 3 aromatic rings. The molecule has 0 bridgehead atoms. The number of imidazole rings is 1. The van der Waals surface area contributed by atoms with E-state index in [0.717, 1.165) is 12.1 Å². The number of rotatable bonds is 2. The Morgan fingerprint density at radius 1 is 1.17 bits per heavy atom. The van der Waals surface area contributed by atoms with E-state index < -0.39 is 17.7 Å². The van der Waals surface area contributed by atoms with Gasteiger partial charge in [0.2, 0.25) is 0 Å². The predicted octanol–water partition coefficient (Wildman–Crippen LogP) is 1.94. The number of aliphatic hydroxyl groups is 1. The highest BCUT2D eigenvalue weighted by Crippen LogP contribution is 2.37. The molecule has 0 saturated carbocycles. The molecule has 1 aliphatic heterocycles. The van der Waals surface area contributed by atoms with Gasteiger partial charge in [0.1, 0.15) is 11.8 Å². The van der Waals surface area contributed by atoms with Crippen molar-refractivity contribution in [1.29, 1.82) is 0 Å². The van der Waals surface area contributed by atoms with Gasteiger partial charge in [-0.1, -0.05) is 6.07 Å². The first kappa shape index (κ1) is 14.0. The second-order valence-electron chi connectivity index (χ2n) is 5.53. The molecular formula is C15H13F2N5O. The van der Waals surface area contributed by atoms with Gasteiger partial charge in [-0.25, -0.2) is 23.7 Å². The Hall–Kier alpha value is -2.61. The predicted molar refractivity (Wildman–Crippen MR) is 78.8 cm³/mol. The Labute approximate surface area is 129 Å². The number of fused-ring (bicyclic) bond motifs is 1. The van der Waals surface area contributed by atoms with Crippen LogP contribution in [0.15, 0.2) is 30.9 Å². The van der Waals surface area contributed by atoms with E-state index >= 15 is 0 Å². The van der Waals surface area contributed by atoms with E-state index in [1.807, 2.05) is 4.90 Å². The summed E-state index contributed by atoms with van der Waals surface area (Å²) in [5.74, 6) is -1.21. The van der Waals surface area contributed by atoms with Crippen LogP contribution in [0.2, 0.25) is 0 Å². The van der Waals surface area contributed by atoms with Crippen molar-refractivity contribution in [2.75, 3.05) is 11.4 Å². The average Bonchev–Trinajstić information content (AvgIpc) is 3.16. The minimum Gasteiger partial charge on any atom is -0.391 e. The molecule has 2 unspecified atom stereocenters. The van der Waals surface area contributed by atoms with Gasteiger partial charge in [0.25, 0.3) is 0 Å². The van der Waals surface area contributed by atoms with Crippen LogP contribution in [-0.4, -0.2) is 37.7 Å². The summed E-state index contributed by atoms with van der Waals surface area (Å²) in [5, 5.41) is 10.1. The van der Waals surface area contributed by atoms with Crippen molar-refractivity contribution < 1.29 is 13.9 Å². The number of aromatic nitrogens is 4. The minimum atomic E-state index is -0.904. The van der Waals surface area contributed by atoms with Crippen molar-refractivity contribution in [2.45, 2.75) is 18.6 Å². The Bertz CT molecular complexity index is 868. The van der Waals surface area contributed by atoms with Gasteiger partial charge >= 0.3 is 0 Å². The van der Waals surface area contributed by atoms with E-state index in [4.69, 9.17) is 0 Å². The molecule has 2 N–H and O–H groups in total. The molecule has 0 spiro atoms. The monoisotopic (exact) mass is 317 g/mol. The van der Waals surface area contributed by atoms with Gasteiger partial charge in [-0.3, -0.25) is 0 Å². The van der Waals surface area contributed by atoms with Crippen LogP contribution in [0.25, 0.3) is 11.2 Å². The number of hydrogen-bond donors (Lipinski definition) is 2. The van der Waals surface area contributed by atoms with Gasteiger partial charge in [-0.15, -0.1) is 0 Å². The molecule has 118 valence electrons. The molecule has 4 rings (SSSR count). The van der Waals surface area contributed by atoms with E-state index in [-0.39, 0.29) is 6.04 Å². The molecule has 6 nitrogen and oxygen atoms in total. The summed E-state index contributed by atoms with van der Waals surface area (Å²) in [6.07, 6.45) is 2.74. The molecule has 3 heterocycles. The lowest BCUT2D eigenvalue weighted by Gasteiger charge is -2.25. The number of aromatic amines is 1. The van der Waals surface area contributed by atoms with Crippen LogP contribution in [-0.2, 0) is 0 Å². The first-order chi connectivity index (χ1) is 11.1. The molecule has 8 heteroatoms. The number of aliphatic hydroxyl groups excluding tert-OH is 1. The lowest BCUT2D eigenvalue weighted by Crippen LogP contribution is -2.25. The third-order valence-electron chi connectivity index (χ3n) is 4.08. The lowest BCUT2D eigenvalue weighted by molar-refractivity contribution is 0.194. The first-order valence-electron chi connectivity index (χ1n) is 7.17. The second kappa shape index (κ2) is 5.24. The molecule has 2 aromatic heterocycles. The largest absolute Gasteiger partial charge is 0.391 e. The van der Waals surface area contributed by atoms with Crippen LogP contribution in [0.3, 0.4) is 0 Å². The van der Waals surface area contributed by atoms with Gasteiger partial charge in [-0.2, -0.15) is 0 Å². The Morgan fingerprint density at radius 3 is 2.87 bits per heavy atom. The third kappa shape index (κ3) is 2.31. The highest BCUT2D eigenvalue weighted by atomic mass is 19.2. The fourth-order valence-electron chi connectivity index (χ4n) is 3.05. The van der Waals surface area contributed by atoms with Gasteiger partial charge in [0, 0.05) is 6.54 Å². The molecule has 1 fully saturated rings. The average molecular weight is 317 g/mol. The maximum Gasteiger partial charge on any atom is 0.182 e. The zero-order chi connectivity index (χ0) is 16.0. The fourth-order valence-corrected chi connectivity index (χ4v) is 3.05. The van der Waals surface area contributed by atoms with Gasteiger partial charge in [0.05, 0.1) is 18.5 Å². The van der Waals surface area contributed by atoms with E-state index in [1.54, 1.807) is 0 Å². The minimum absolute atomic E-state index is 0.304. The van der Waals surface area contributed by atoms with Crippen molar-refractivity contribution in [2.24, 2.45) is 0 Å². The smallest absolute Gasteiger partial charge is 0.182 e. The standard InChI is InChI=1S/C15H13F2N5O/c16-10-2-1-8(3-11(10)17)12-4-9(23)5-22(12)15-13-14(19-6-18-13)20-7-21-15/h1-3,6-7,9,12,23H,4-5H2,(H,18,19,20,21). The molecular weight excluding hydrogens is 304 g/mol. The van der Waals surface area contributed by atoms with Crippen molar-refractivity contribution >= 4 is 17.0 Å². The summed E-state index contributed by atoms with van der Waals surface area (Å²) in [7, 11) is 0. The van der Waals surface area contributed by atoms with E-state index in [2.05, 4.69) is 19.9 Å². The molecule has 23 heavy (non-hydrogen) atoms. The highest BCUT2D eigenvalue weighted by molar-refractivity contribution is 5.83. The van der Waals surface area contributed by atoms with E-state index in [1.165, 1.54) is 18.7 Å². The summed E-state index contributed by atoms with van der Waals surface area (Å²) < 4.78 is 26.7. The number of halogens is 2. The topological polar surface area (TPSA) is 77.9 Å². The summed E-state index contributed by atoms with van der Waals surface area (Å²) in [6.45, 7) is 0.342. The normalized spacial score (nSPS) is 21.3. The first-order valence-corrected chi connectivity index (χ1v) is 7.17. The molecule has 2 atom stereocenters. The van der Waals surface area contributed by atoms with Crippen molar-refractivity contribution in [1.82, 2.24) is 19.9 Å². The highest BCUT2D eigenvalue weighted by Gasteiger charge is 2.34. The number of hydrogen-bond acceptors (Lipinski definition) is 5. The Kier molecular flexibility index (Phi) is 3.19. The summed E-state index contributed by atoms with van der Waals surface area (Å²) in [4.78, 5) is 17.3. The van der Waals surface area contributed by atoms with Crippen LogP contribution in [0.4, 0.5) is 14.6 Å². The van der Waals surface area contributed by atoms with Gasteiger partial charge in [0.15, 0.2) is 23.1 Å². The zero-order valence-corrected chi connectivity index (χ0v) is 11.9. The van der Waals surface area contributed by atoms with Crippen LogP contribution in [0.5, 0.6) is 0 Å². The lowest BCUT2D eigenvalue weighted by atomic mass is 10.0. The number of H-pyrrole nitrogens is 1. The number of anilines is 1. The molecule has 1 saturated heterocycles. The van der Waals surface area contributed by atoms with Crippen molar-refractivity contribution in [3.63, 3.8) is 0 Å². The maximum atomic E-state index is 13.6. The molecule has 0 radical (unpaired) electrons. The summed E-state index contributed by atoms with van der Waals surface area (Å²) in [5.41, 5.74) is 1.75. The fraction of sp³-hybridized carbons (Fsp3) is 0.267. The molecule has 1 aromatic carbocycles. The third-order valence-corrected chi connectivity index (χ3v) is 4.08. The van der Waals surface area contributed by atoms with Crippen LogP contribution < -0.4 is 4.90 Å². The quantitative estimate of drug-likeness (QED) is 0.755. The zero-order valence-electron chi connectivity index (χ0n) is 11.9. The van der Waals surface area contributed by atoms with E-state index in [0.29, 0.717) is 35.5 Å². The Balaban J connectivity index is 1.79. The number of nitrogens with one attached hydrogen (secondary N) is 1. The number of nitrogens with zero attached hydrogens (tertiary/aromatic N) is 4. The van der Waals surface area contributed by atoms with Crippen molar-refractivity contribution in [3.05, 3.63) is 48.1 Å². The van der Waals surface area contributed by atoms with E-state index in [9.17, 15) is 13.9 Å². The second-order valence-corrected chi connectivity index (χ2v) is 5.53. The van der Waals surface area contributed by atoms with Crippen molar-refractivity contribution in [3.8, 4) is 0 Å². The SMILES string of the molecule is OC1CC(c2ccc(F)c(F)c2)N(c2ncnc3nc[nH]c23)C1. The van der Waals surface area contributed by atoms with Crippen LogP contribution >= 0.6 is 0 Å². The van der Waals surface area contributed by atoms with Gasteiger partial charge < -0.3 is 15.0 Å². The number of benzene rings is 1. The summed E-state index contributed by atoms with van der Waals surface area (Å²) in [6, 6.07) is 3.48.